The Morgan fingerprint density at radius 2 is 1.45 bits per heavy atom. The average Bonchev–Trinajstić information content (AvgIpc) is 2.71. The topological polar surface area (TPSA) is 38.3 Å². The molecule has 0 radical (unpaired) electrons. The molecule has 0 fully saturated rings. The van der Waals surface area contributed by atoms with Crippen LogP contribution >= 0.6 is 0 Å². The molecule has 3 heteroatoms. The van der Waals surface area contributed by atoms with E-state index >= 15 is 0 Å². The minimum atomic E-state index is -0.211. The maximum absolute atomic E-state index is 11.7. The van der Waals surface area contributed by atoms with Gasteiger partial charge in [0.05, 0.1) is 12.5 Å². The van der Waals surface area contributed by atoms with Crippen molar-refractivity contribution in [2.75, 3.05) is 19.0 Å². The van der Waals surface area contributed by atoms with Crippen LogP contribution in [0.5, 0.6) is 0 Å². The van der Waals surface area contributed by atoms with E-state index in [4.69, 9.17) is 4.74 Å². The van der Waals surface area contributed by atoms with E-state index in [0.29, 0.717) is 6.61 Å². The Bertz CT molecular complexity index is 828. The summed E-state index contributed by atoms with van der Waals surface area (Å²) in [5.41, 5.74) is 4.44. The van der Waals surface area contributed by atoms with Gasteiger partial charge in [-0.2, -0.15) is 0 Å². The summed E-state index contributed by atoms with van der Waals surface area (Å²) in [4.78, 5) is 11.7. The molecule has 0 spiro atoms. The molecule has 0 atom stereocenters. The summed E-state index contributed by atoms with van der Waals surface area (Å²) in [7, 11) is 1.93. The first-order valence-electron chi connectivity index (χ1n) is 10.3. The molecule has 1 N–H and O–H groups in total. The second-order valence-electron chi connectivity index (χ2n) is 9.21. The molecule has 0 unspecified atom stereocenters. The second-order valence-corrected chi connectivity index (χ2v) is 9.21. The van der Waals surface area contributed by atoms with Crippen LogP contribution in [0.4, 0.5) is 5.69 Å². The molecule has 0 bridgehead atoms. The largest absolute Gasteiger partial charge is 0.465 e. The van der Waals surface area contributed by atoms with Crippen molar-refractivity contribution >= 4 is 11.7 Å². The summed E-state index contributed by atoms with van der Waals surface area (Å²) >= 11 is 0. The van der Waals surface area contributed by atoms with E-state index in [9.17, 15) is 4.79 Å². The molecule has 0 aromatic heterocycles. The number of allylic oxidation sites excluding steroid dienone is 1. The SMILES string of the molecule is CNc1ccc(-c2ccc(C(C)(C)/C=C/C(C)(C)COC(=O)C(C)C)cc2)cc1. The van der Waals surface area contributed by atoms with E-state index in [1.807, 2.05) is 20.9 Å². The third-order valence-electron chi connectivity index (χ3n) is 5.14. The highest BCUT2D eigenvalue weighted by atomic mass is 16.5. The number of esters is 1. The molecule has 0 aliphatic heterocycles. The number of benzene rings is 2. The first-order chi connectivity index (χ1) is 13.5. The molecule has 0 saturated carbocycles. The van der Waals surface area contributed by atoms with Crippen molar-refractivity contribution in [2.45, 2.75) is 47.0 Å². The van der Waals surface area contributed by atoms with Crippen molar-refractivity contribution in [3.8, 4) is 11.1 Å². The van der Waals surface area contributed by atoms with E-state index < -0.39 is 0 Å². The number of nitrogens with one attached hydrogen (secondary N) is 1. The Balaban J connectivity index is 2.09. The summed E-state index contributed by atoms with van der Waals surface area (Å²) in [5, 5.41) is 3.15. The fraction of sp³-hybridized carbons (Fsp3) is 0.423. The van der Waals surface area contributed by atoms with Gasteiger partial charge in [-0.1, -0.05) is 90.1 Å². The van der Waals surface area contributed by atoms with Crippen molar-refractivity contribution in [3.63, 3.8) is 0 Å². The molecule has 29 heavy (non-hydrogen) atoms. The molecular weight excluding hydrogens is 358 g/mol. The highest BCUT2D eigenvalue weighted by molar-refractivity contribution is 5.71. The van der Waals surface area contributed by atoms with Crippen LogP contribution in [-0.2, 0) is 14.9 Å². The summed E-state index contributed by atoms with van der Waals surface area (Å²) < 4.78 is 5.43. The van der Waals surface area contributed by atoms with Crippen molar-refractivity contribution in [2.24, 2.45) is 11.3 Å². The smallest absolute Gasteiger partial charge is 0.308 e. The van der Waals surface area contributed by atoms with E-state index in [1.54, 1.807) is 0 Å². The third kappa shape index (κ3) is 6.49. The maximum atomic E-state index is 11.7. The lowest BCUT2D eigenvalue weighted by atomic mass is 9.81. The predicted octanol–water partition coefficient (Wildman–Crippen LogP) is 6.45. The molecule has 156 valence electrons. The first-order valence-corrected chi connectivity index (χ1v) is 10.3. The molecule has 3 nitrogen and oxygen atoms in total. The Labute approximate surface area is 176 Å². The Kier molecular flexibility index (Phi) is 7.29. The Morgan fingerprint density at radius 1 is 0.931 bits per heavy atom. The van der Waals surface area contributed by atoms with Gasteiger partial charge in [-0.25, -0.2) is 0 Å². The number of carbonyl (C=O) groups excluding carboxylic acids is 1. The Hall–Kier alpha value is -2.55. The predicted molar refractivity (Wildman–Crippen MR) is 123 cm³/mol. The van der Waals surface area contributed by atoms with Crippen LogP contribution in [0.1, 0.15) is 47.1 Å². The van der Waals surface area contributed by atoms with Crippen LogP contribution in [0, 0.1) is 11.3 Å². The van der Waals surface area contributed by atoms with Crippen molar-refractivity contribution < 1.29 is 9.53 Å². The number of hydrogen-bond donors (Lipinski definition) is 1. The quantitative estimate of drug-likeness (QED) is 0.413. The molecular formula is C26H35NO2. The van der Waals surface area contributed by atoms with Crippen LogP contribution in [0.2, 0.25) is 0 Å². The lowest BCUT2D eigenvalue weighted by Gasteiger charge is -2.26. The van der Waals surface area contributed by atoms with Gasteiger partial charge >= 0.3 is 5.97 Å². The summed E-state index contributed by atoms with van der Waals surface area (Å²) in [6, 6.07) is 17.2. The maximum Gasteiger partial charge on any atom is 0.308 e. The Morgan fingerprint density at radius 3 is 1.93 bits per heavy atom. The molecule has 2 rings (SSSR count). The van der Waals surface area contributed by atoms with E-state index in [0.717, 1.165) is 5.69 Å². The zero-order chi connectivity index (χ0) is 21.7. The van der Waals surface area contributed by atoms with Crippen LogP contribution in [0.25, 0.3) is 11.1 Å². The van der Waals surface area contributed by atoms with Crippen LogP contribution in [0.15, 0.2) is 60.7 Å². The van der Waals surface area contributed by atoms with Gasteiger partial charge in [0.25, 0.3) is 0 Å². The first kappa shape index (κ1) is 22.7. The summed E-state index contributed by atoms with van der Waals surface area (Å²) in [6.45, 7) is 12.7. The lowest BCUT2D eigenvalue weighted by molar-refractivity contribution is -0.149. The molecule has 0 saturated heterocycles. The number of anilines is 1. The standard InChI is InChI=1S/C26H35NO2/c1-19(2)24(28)29-18-25(3,4)16-17-26(5,6)22-12-8-20(9-13-22)21-10-14-23(27-7)15-11-21/h8-17,19,27H,18H2,1-7H3/b17-16+. The van der Waals surface area contributed by atoms with Gasteiger partial charge in [-0.15, -0.1) is 0 Å². The van der Waals surface area contributed by atoms with Gasteiger partial charge in [-0.05, 0) is 28.8 Å². The second kappa shape index (κ2) is 9.30. The number of rotatable bonds is 8. The molecule has 0 aliphatic rings. The normalized spacial score (nSPS) is 12.4. The van der Waals surface area contributed by atoms with Crippen molar-refractivity contribution in [1.82, 2.24) is 0 Å². The highest BCUT2D eigenvalue weighted by Crippen LogP contribution is 2.30. The summed E-state index contributed by atoms with van der Waals surface area (Å²) in [6.07, 6.45) is 4.37. The monoisotopic (exact) mass is 393 g/mol. The van der Waals surface area contributed by atoms with Gasteiger partial charge in [-0.3, -0.25) is 4.79 Å². The number of ether oxygens (including phenoxy) is 1. The lowest BCUT2D eigenvalue weighted by Crippen LogP contribution is -2.23. The summed E-state index contributed by atoms with van der Waals surface area (Å²) in [5.74, 6) is -0.247. The van der Waals surface area contributed by atoms with E-state index in [1.165, 1.54) is 16.7 Å². The number of hydrogen-bond acceptors (Lipinski definition) is 3. The van der Waals surface area contributed by atoms with Crippen molar-refractivity contribution in [3.05, 3.63) is 66.2 Å². The fourth-order valence-corrected chi connectivity index (χ4v) is 2.92. The molecule has 0 heterocycles. The zero-order valence-electron chi connectivity index (χ0n) is 18.9. The van der Waals surface area contributed by atoms with E-state index in [-0.39, 0.29) is 22.7 Å². The average molecular weight is 394 g/mol. The van der Waals surface area contributed by atoms with Gasteiger partial charge in [0.2, 0.25) is 0 Å². The van der Waals surface area contributed by atoms with Crippen LogP contribution in [0.3, 0.4) is 0 Å². The zero-order valence-corrected chi connectivity index (χ0v) is 18.9. The minimum Gasteiger partial charge on any atom is -0.465 e. The molecule has 0 amide bonds. The number of carbonyl (C=O) groups is 1. The van der Waals surface area contributed by atoms with Gasteiger partial charge in [0, 0.05) is 23.6 Å². The molecule has 0 aliphatic carbocycles. The van der Waals surface area contributed by atoms with Crippen LogP contribution < -0.4 is 5.32 Å². The molecule has 2 aromatic rings. The minimum absolute atomic E-state index is 0.0980. The highest BCUT2D eigenvalue weighted by Gasteiger charge is 2.22. The fourth-order valence-electron chi connectivity index (χ4n) is 2.92. The van der Waals surface area contributed by atoms with Gasteiger partial charge in [0.1, 0.15) is 0 Å². The van der Waals surface area contributed by atoms with Crippen molar-refractivity contribution in [1.29, 1.82) is 0 Å². The molecule has 2 aromatic carbocycles. The van der Waals surface area contributed by atoms with Crippen LogP contribution in [-0.4, -0.2) is 19.6 Å². The van der Waals surface area contributed by atoms with Gasteiger partial charge < -0.3 is 10.1 Å². The third-order valence-corrected chi connectivity index (χ3v) is 5.14. The van der Waals surface area contributed by atoms with Gasteiger partial charge in [0.15, 0.2) is 0 Å². The van der Waals surface area contributed by atoms with E-state index in [2.05, 4.69) is 93.7 Å².